The van der Waals surface area contributed by atoms with Crippen molar-refractivity contribution in [2.75, 3.05) is 27.3 Å². The predicted molar refractivity (Wildman–Crippen MR) is 147 cm³/mol. The van der Waals surface area contributed by atoms with E-state index in [1.165, 1.54) is 6.08 Å². The van der Waals surface area contributed by atoms with Gasteiger partial charge in [0.2, 0.25) is 5.91 Å². The number of aromatic nitrogens is 1. The molecule has 1 aromatic heterocycles. The topological polar surface area (TPSA) is 75.7 Å². The van der Waals surface area contributed by atoms with Gasteiger partial charge in [-0.3, -0.25) is 9.79 Å². The summed E-state index contributed by atoms with van der Waals surface area (Å²) in [5.41, 5.74) is 5.55. The molecular weight excluding hydrogens is 450 g/mol. The monoisotopic (exact) mass is 479 g/mol. The standard InChI is InChI=1S/C30H29N3O3/c1-4-25-26-7-5-6-8-27(26)33-30(25)29(22-12-16-24(36-3)17-13-22)32-20-19-31-28(34)18-11-21-9-14-23(35-2)15-10-21/h4-18,33H,1,19-20H2,2-3H3,(H,31,34)/b18-11+,32-29-. The predicted octanol–water partition coefficient (Wildman–Crippen LogP) is 5.50. The number of methoxy groups -OCH3 is 2. The quantitative estimate of drug-likeness (QED) is 0.179. The van der Waals surface area contributed by atoms with Crippen molar-refractivity contribution in [3.8, 4) is 11.5 Å². The van der Waals surface area contributed by atoms with Gasteiger partial charge in [0.1, 0.15) is 11.5 Å². The number of rotatable bonds is 10. The van der Waals surface area contributed by atoms with E-state index in [1.807, 2.05) is 72.8 Å². The van der Waals surface area contributed by atoms with Crippen LogP contribution in [0.15, 0.2) is 90.4 Å². The van der Waals surface area contributed by atoms with Gasteiger partial charge in [-0.15, -0.1) is 0 Å². The number of carbonyl (C=O) groups is 1. The summed E-state index contributed by atoms with van der Waals surface area (Å²) in [5.74, 6) is 1.37. The molecule has 0 saturated heterocycles. The molecule has 0 unspecified atom stereocenters. The molecule has 6 nitrogen and oxygen atoms in total. The van der Waals surface area contributed by atoms with Crippen molar-refractivity contribution in [2.24, 2.45) is 4.99 Å². The maximum atomic E-state index is 12.3. The Balaban J connectivity index is 1.51. The van der Waals surface area contributed by atoms with Crippen LogP contribution in [-0.4, -0.2) is 43.9 Å². The van der Waals surface area contributed by atoms with Crippen LogP contribution in [0, 0.1) is 0 Å². The second kappa shape index (κ2) is 11.7. The summed E-state index contributed by atoms with van der Waals surface area (Å²) in [4.78, 5) is 20.7. The second-order valence-electron chi connectivity index (χ2n) is 8.02. The van der Waals surface area contributed by atoms with Gasteiger partial charge in [-0.25, -0.2) is 0 Å². The number of hydrogen-bond donors (Lipinski definition) is 2. The van der Waals surface area contributed by atoms with Crippen molar-refractivity contribution in [3.05, 3.63) is 108 Å². The highest BCUT2D eigenvalue weighted by Gasteiger charge is 2.16. The molecular formula is C30H29N3O3. The van der Waals surface area contributed by atoms with Crippen molar-refractivity contribution >= 4 is 34.7 Å². The van der Waals surface area contributed by atoms with Crippen molar-refractivity contribution in [2.45, 2.75) is 0 Å². The zero-order valence-electron chi connectivity index (χ0n) is 20.5. The fourth-order valence-corrected chi connectivity index (χ4v) is 3.92. The summed E-state index contributed by atoms with van der Waals surface area (Å²) < 4.78 is 10.5. The van der Waals surface area contributed by atoms with E-state index in [4.69, 9.17) is 14.5 Å². The molecule has 4 rings (SSSR count). The van der Waals surface area contributed by atoms with E-state index in [0.717, 1.165) is 50.5 Å². The third-order valence-corrected chi connectivity index (χ3v) is 5.77. The average Bonchev–Trinajstić information content (AvgIpc) is 3.30. The molecule has 0 atom stereocenters. The second-order valence-corrected chi connectivity index (χ2v) is 8.02. The summed E-state index contributed by atoms with van der Waals surface area (Å²) >= 11 is 0. The van der Waals surface area contributed by atoms with Gasteiger partial charge in [0.05, 0.1) is 32.2 Å². The molecule has 0 aliphatic rings. The normalized spacial score (nSPS) is 11.6. The molecule has 0 bridgehead atoms. The lowest BCUT2D eigenvalue weighted by molar-refractivity contribution is -0.116. The van der Waals surface area contributed by atoms with Crippen LogP contribution < -0.4 is 14.8 Å². The first-order valence-corrected chi connectivity index (χ1v) is 11.6. The fraction of sp³-hybridized carbons (Fsp3) is 0.133. The highest BCUT2D eigenvalue weighted by molar-refractivity contribution is 6.16. The Bertz CT molecular complexity index is 1400. The van der Waals surface area contributed by atoms with Gasteiger partial charge in [-0.05, 0) is 54.1 Å². The third-order valence-electron chi connectivity index (χ3n) is 5.77. The Morgan fingerprint density at radius 2 is 1.64 bits per heavy atom. The first-order chi connectivity index (χ1) is 17.6. The number of amides is 1. The average molecular weight is 480 g/mol. The van der Waals surface area contributed by atoms with Gasteiger partial charge < -0.3 is 19.8 Å². The van der Waals surface area contributed by atoms with Gasteiger partial charge in [-0.1, -0.05) is 43.0 Å². The minimum absolute atomic E-state index is 0.176. The van der Waals surface area contributed by atoms with Crippen molar-refractivity contribution in [1.29, 1.82) is 0 Å². The van der Waals surface area contributed by atoms with Crippen LogP contribution in [0.2, 0.25) is 0 Å². The summed E-state index contributed by atoms with van der Waals surface area (Å²) in [7, 11) is 3.26. The van der Waals surface area contributed by atoms with E-state index in [9.17, 15) is 4.79 Å². The smallest absolute Gasteiger partial charge is 0.244 e. The van der Waals surface area contributed by atoms with E-state index < -0.39 is 0 Å². The van der Waals surface area contributed by atoms with E-state index in [-0.39, 0.29) is 5.91 Å². The van der Waals surface area contributed by atoms with Gasteiger partial charge in [0.15, 0.2) is 0 Å². The zero-order chi connectivity index (χ0) is 25.3. The molecule has 182 valence electrons. The minimum atomic E-state index is -0.176. The number of carbonyl (C=O) groups excluding carboxylic acids is 1. The summed E-state index contributed by atoms with van der Waals surface area (Å²) in [6.07, 6.45) is 5.13. The number of ether oxygens (including phenoxy) is 2. The lowest BCUT2D eigenvalue weighted by Crippen LogP contribution is -2.24. The number of nitrogens with one attached hydrogen (secondary N) is 2. The number of benzene rings is 3. The van der Waals surface area contributed by atoms with Crippen LogP contribution in [0.5, 0.6) is 11.5 Å². The Hall–Kier alpha value is -4.58. The maximum absolute atomic E-state index is 12.3. The van der Waals surface area contributed by atoms with Gasteiger partial charge >= 0.3 is 0 Å². The van der Waals surface area contributed by atoms with Gasteiger partial charge in [0.25, 0.3) is 0 Å². The highest BCUT2D eigenvalue weighted by atomic mass is 16.5. The number of fused-ring (bicyclic) bond motifs is 1. The molecule has 6 heteroatoms. The maximum Gasteiger partial charge on any atom is 0.244 e. The number of H-pyrrole nitrogens is 1. The molecule has 0 saturated carbocycles. The van der Waals surface area contributed by atoms with Crippen molar-refractivity contribution < 1.29 is 14.3 Å². The van der Waals surface area contributed by atoms with Crippen molar-refractivity contribution in [1.82, 2.24) is 10.3 Å². The van der Waals surface area contributed by atoms with Gasteiger partial charge in [0, 0.05) is 34.7 Å². The number of hydrogen-bond acceptors (Lipinski definition) is 4. The number of para-hydroxylation sites is 1. The summed E-state index contributed by atoms with van der Waals surface area (Å²) in [6.45, 7) is 4.84. The summed E-state index contributed by atoms with van der Waals surface area (Å²) in [6, 6.07) is 23.4. The Kier molecular flexibility index (Phi) is 7.98. The molecule has 36 heavy (non-hydrogen) atoms. The van der Waals surface area contributed by atoms with Crippen LogP contribution in [-0.2, 0) is 4.79 Å². The molecule has 1 heterocycles. The van der Waals surface area contributed by atoms with Gasteiger partial charge in [-0.2, -0.15) is 0 Å². The first kappa shape index (κ1) is 24.5. The molecule has 0 spiro atoms. The van der Waals surface area contributed by atoms with Crippen LogP contribution >= 0.6 is 0 Å². The van der Waals surface area contributed by atoms with E-state index in [0.29, 0.717) is 13.1 Å². The Morgan fingerprint density at radius 1 is 0.972 bits per heavy atom. The third kappa shape index (κ3) is 5.73. The van der Waals surface area contributed by atoms with Crippen LogP contribution in [0.3, 0.4) is 0 Å². The molecule has 3 aromatic carbocycles. The molecule has 0 radical (unpaired) electrons. The zero-order valence-corrected chi connectivity index (χ0v) is 20.5. The Morgan fingerprint density at radius 3 is 2.31 bits per heavy atom. The molecule has 2 N–H and O–H groups in total. The Labute approximate surface area is 211 Å². The summed E-state index contributed by atoms with van der Waals surface area (Å²) in [5, 5.41) is 3.98. The lowest BCUT2D eigenvalue weighted by atomic mass is 10.0. The lowest BCUT2D eigenvalue weighted by Gasteiger charge is -2.09. The van der Waals surface area contributed by atoms with Crippen LogP contribution in [0.1, 0.15) is 22.4 Å². The molecule has 0 aliphatic heterocycles. The van der Waals surface area contributed by atoms with Crippen LogP contribution in [0.4, 0.5) is 0 Å². The number of nitrogens with zero attached hydrogens (tertiary/aromatic N) is 1. The molecule has 4 aromatic rings. The minimum Gasteiger partial charge on any atom is -0.497 e. The molecule has 0 fully saturated rings. The fourth-order valence-electron chi connectivity index (χ4n) is 3.92. The molecule has 1 amide bonds. The number of aliphatic imine (C=N–C) groups is 1. The largest absolute Gasteiger partial charge is 0.497 e. The van der Waals surface area contributed by atoms with E-state index in [2.05, 4.69) is 22.9 Å². The molecule has 0 aliphatic carbocycles. The van der Waals surface area contributed by atoms with E-state index >= 15 is 0 Å². The van der Waals surface area contributed by atoms with Crippen LogP contribution in [0.25, 0.3) is 23.1 Å². The first-order valence-electron chi connectivity index (χ1n) is 11.6. The number of aromatic amines is 1. The SMILES string of the molecule is C=Cc1c(/C(=N\CCNC(=O)/C=C/c2ccc(OC)cc2)c2ccc(OC)cc2)[nH]c2ccccc12. The van der Waals surface area contributed by atoms with E-state index in [1.54, 1.807) is 20.3 Å². The van der Waals surface area contributed by atoms with Crippen molar-refractivity contribution in [3.63, 3.8) is 0 Å². The highest BCUT2D eigenvalue weighted by Crippen LogP contribution is 2.26.